The monoisotopic (exact) mass is 317 g/mol. The van der Waals surface area contributed by atoms with Crippen LogP contribution in [0.15, 0.2) is 40.9 Å². The lowest BCUT2D eigenvalue weighted by Crippen LogP contribution is -2.19. The van der Waals surface area contributed by atoms with E-state index in [4.69, 9.17) is 18.3 Å². The second kappa shape index (κ2) is 6.97. The van der Waals surface area contributed by atoms with Crippen molar-refractivity contribution in [2.24, 2.45) is 5.73 Å². The van der Waals surface area contributed by atoms with E-state index in [9.17, 15) is 0 Å². The Morgan fingerprint density at radius 3 is 2.68 bits per heavy atom. The molecule has 0 saturated heterocycles. The van der Waals surface area contributed by atoms with E-state index in [0.717, 1.165) is 23.1 Å². The van der Waals surface area contributed by atoms with Crippen LogP contribution in [0.5, 0.6) is 5.75 Å². The second-order valence-electron chi connectivity index (χ2n) is 4.64. The molecule has 2 aromatic rings. The molecular weight excluding hydrogens is 301 g/mol. The molecular formula is C15H17BBrNO. The van der Waals surface area contributed by atoms with Gasteiger partial charge in [0.25, 0.3) is 0 Å². The molecule has 0 heterocycles. The molecule has 0 aliphatic carbocycles. The van der Waals surface area contributed by atoms with Crippen LogP contribution < -0.4 is 10.5 Å². The van der Waals surface area contributed by atoms with E-state index in [-0.39, 0.29) is 6.04 Å². The van der Waals surface area contributed by atoms with Crippen molar-refractivity contribution in [1.82, 2.24) is 0 Å². The first kappa shape index (κ1) is 14.4. The molecule has 2 N–H and O–H groups in total. The average Bonchev–Trinajstić information content (AvgIpc) is 2.43. The van der Waals surface area contributed by atoms with Gasteiger partial charge in [0.1, 0.15) is 5.75 Å². The highest BCUT2D eigenvalue weighted by Crippen LogP contribution is 2.24. The van der Waals surface area contributed by atoms with Gasteiger partial charge in [0.05, 0.1) is 14.5 Å². The maximum atomic E-state index is 5.76. The Kier molecular flexibility index (Phi) is 5.29. The third-order valence-corrected chi connectivity index (χ3v) is 3.56. The fourth-order valence-electron chi connectivity index (χ4n) is 1.94. The van der Waals surface area contributed by atoms with Gasteiger partial charge in [-0.05, 0) is 53.9 Å². The molecule has 2 rings (SSSR count). The van der Waals surface area contributed by atoms with Gasteiger partial charge in [0.2, 0.25) is 0 Å². The molecule has 2 radical (unpaired) electrons. The summed E-state index contributed by atoms with van der Waals surface area (Å²) >= 11 is 3.47. The largest absolute Gasteiger partial charge is 0.494 e. The van der Waals surface area contributed by atoms with Crippen LogP contribution in [0.1, 0.15) is 12.8 Å². The number of hydrogen-bond donors (Lipinski definition) is 1. The van der Waals surface area contributed by atoms with Crippen LogP contribution >= 0.6 is 15.9 Å². The van der Waals surface area contributed by atoms with Crippen molar-refractivity contribution in [3.05, 3.63) is 40.9 Å². The lowest BCUT2D eigenvalue weighted by Gasteiger charge is -2.10. The molecule has 1 atom stereocenters. The molecule has 1 unspecified atom stereocenters. The van der Waals surface area contributed by atoms with Gasteiger partial charge < -0.3 is 10.5 Å². The Labute approximate surface area is 123 Å². The van der Waals surface area contributed by atoms with Crippen molar-refractivity contribution in [2.45, 2.75) is 25.2 Å². The molecule has 0 fully saturated rings. The third-order valence-electron chi connectivity index (χ3n) is 3.06. The maximum absolute atomic E-state index is 5.76. The van der Waals surface area contributed by atoms with Crippen LogP contribution in [-0.4, -0.2) is 20.5 Å². The molecule has 2 nitrogen and oxygen atoms in total. The predicted octanol–water partition coefficient (Wildman–Crippen LogP) is 3.68. The Bertz CT molecular complexity index is 547. The van der Waals surface area contributed by atoms with Gasteiger partial charge >= 0.3 is 0 Å². The highest BCUT2D eigenvalue weighted by atomic mass is 79.9. The Hall–Kier alpha value is -0.995. The lowest BCUT2D eigenvalue weighted by atomic mass is 9.95. The summed E-state index contributed by atoms with van der Waals surface area (Å²) in [5, 5.41) is 2.38. The fraction of sp³-hybridized carbons (Fsp3) is 0.333. The van der Waals surface area contributed by atoms with E-state index in [1.807, 2.05) is 12.1 Å². The van der Waals surface area contributed by atoms with E-state index >= 15 is 0 Å². The number of hydrogen-bond acceptors (Lipinski definition) is 2. The number of halogens is 1. The van der Waals surface area contributed by atoms with E-state index in [0.29, 0.717) is 12.9 Å². The molecule has 2 aromatic carbocycles. The molecule has 0 amide bonds. The summed E-state index contributed by atoms with van der Waals surface area (Å²) in [4.78, 5) is 0. The first-order valence-electron chi connectivity index (χ1n) is 6.47. The van der Waals surface area contributed by atoms with E-state index in [1.54, 1.807) is 0 Å². The normalized spacial score (nSPS) is 12.5. The highest BCUT2D eigenvalue weighted by molar-refractivity contribution is 9.10. The van der Waals surface area contributed by atoms with Crippen molar-refractivity contribution < 1.29 is 4.74 Å². The number of fused-ring (bicyclic) bond motifs is 1. The summed E-state index contributed by atoms with van der Waals surface area (Å²) in [5.41, 5.74) is 5.76. The molecule has 0 bridgehead atoms. The van der Waals surface area contributed by atoms with E-state index in [1.165, 1.54) is 10.8 Å². The summed E-state index contributed by atoms with van der Waals surface area (Å²) in [6.45, 7) is 0.676. The van der Waals surface area contributed by atoms with E-state index < -0.39 is 0 Å². The van der Waals surface area contributed by atoms with Crippen molar-refractivity contribution >= 4 is 34.5 Å². The summed E-state index contributed by atoms with van der Waals surface area (Å²) in [5.74, 6) is 0.899. The number of nitrogens with two attached hydrogens (primary N) is 1. The van der Waals surface area contributed by atoms with Crippen LogP contribution in [-0.2, 0) is 0 Å². The van der Waals surface area contributed by atoms with Gasteiger partial charge in [-0.2, -0.15) is 0 Å². The minimum absolute atomic E-state index is 0.0811. The average molecular weight is 318 g/mol. The van der Waals surface area contributed by atoms with Crippen LogP contribution in [0.2, 0.25) is 6.32 Å². The minimum Gasteiger partial charge on any atom is -0.494 e. The molecule has 0 aliphatic heterocycles. The number of rotatable bonds is 6. The van der Waals surface area contributed by atoms with E-state index in [2.05, 4.69) is 40.2 Å². The van der Waals surface area contributed by atoms with Crippen molar-refractivity contribution in [3.63, 3.8) is 0 Å². The zero-order valence-electron chi connectivity index (χ0n) is 10.8. The van der Waals surface area contributed by atoms with Gasteiger partial charge in [0.15, 0.2) is 0 Å². The van der Waals surface area contributed by atoms with Gasteiger partial charge in [-0.3, -0.25) is 0 Å². The van der Waals surface area contributed by atoms with Crippen LogP contribution in [0, 0.1) is 0 Å². The quantitative estimate of drug-likeness (QED) is 0.651. The van der Waals surface area contributed by atoms with Crippen LogP contribution in [0.3, 0.4) is 0 Å². The topological polar surface area (TPSA) is 35.2 Å². The lowest BCUT2D eigenvalue weighted by molar-refractivity contribution is 0.303. The summed E-state index contributed by atoms with van der Waals surface area (Å²) in [7, 11) is 5.47. The standard InChI is InChI=1S/C15H17BBrNO/c16-10-14(18)2-1-7-19-15-6-4-11-8-13(17)5-3-12(11)9-15/h3-6,8-9,14H,1-2,7,10,18H2. The molecule has 0 saturated carbocycles. The summed E-state index contributed by atoms with van der Waals surface area (Å²) in [6.07, 6.45) is 2.36. The molecule has 0 spiro atoms. The summed E-state index contributed by atoms with van der Waals surface area (Å²) < 4.78 is 6.82. The number of ether oxygens (including phenoxy) is 1. The second-order valence-corrected chi connectivity index (χ2v) is 5.56. The zero-order valence-corrected chi connectivity index (χ0v) is 12.4. The van der Waals surface area contributed by atoms with Crippen LogP contribution in [0.4, 0.5) is 0 Å². The molecule has 19 heavy (non-hydrogen) atoms. The molecule has 98 valence electrons. The molecule has 0 aliphatic rings. The smallest absolute Gasteiger partial charge is 0.119 e. The third kappa shape index (κ3) is 4.25. The zero-order chi connectivity index (χ0) is 13.7. The van der Waals surface area contributed by atoms with Gasteiger partial charge in [-0.25, -0.2) is 0 Å². The highest BCUT2D eigenvalue weighted by Gasteiger charge is 2.01. The van der Waals surface area contributed by atoms with Crippen molar-refractivity contribution in [1.29, 1.82) is 0 Å². The Morgan fingerprint density at radius 2 is 1.89 bits per heavy atom. The first-order valence-corrected chi connectivity index (χ1v) is 7.26. The van der Waals surface area contributed by atoms with Gasteiger partial charge in [-0.15, -0.1) is 0 Å². The number of benzene rings is 2. The summed E-state index contributed by atoms with van der Waals surface area (Å²) in [6, 6.07) is 12.4. The van der Waals surface area contributed by atoms with Crippen molar-refractivity contribution in [3.8, 4) is 5.75 Å². The van der Waals surface area contributed by atoms with Crippen LogP contribution in [0.25, 0.3) is 10.8 Å². The predicted molar refractivity (Wildman–Crippen MR) is 84.9 cm³/mol. The SMILES string of the molecule is [B]CC(N)CCCOc1ccc2cc(Br)ccc2c1. The fourth-order valence-corrected chi connectivity index (χ4v) is 2.32. The Balaban J connectivity index is 1.92. The Morgan fingerprint density at radius 1 is 1.16 bits per heavy atom. The molecule has 4 heteroatoms. The maximum Gasteiger partial charge on any atom is 0.119 e. The van der Waals surface area contributed by atoms with Crippen molar-refractivity contribution in [2.75, 3.05) is 6.61 Å². The van der Waals surface area contributed by atoms with Gasteiger partial charge in [0, 0.05) is 4.47 Å². The minimum atomic E-state index is 0.0811. The first-order chi connectivity index (χ1) is 9.19. The molecule has 0 aromatic heterocycles. The van der Waals surface area contributed by atoms with Gasteiger partial charge in [-0.1, -0.05) is 34.4 Å².